The number of carboxylic acid groups (broad SMARTS) is 2. The quantitative estimate of drug-likeness (QED) is 0.142. The molecule has 6 N–H and O–H groups in total. The molecule has 12 nitrogen and oxygen atoms in total. The van der Waals surface area contributed by atoms with E-state index in [-0.39, 0.29) is 41.7 Å². The number of hydrogen-bond acceptors (Lipinski definition) is 8. The fourth-order valence-corrected chi connectivity index (χ4v) is 2.57. The lowest BCUT2D eigenvalue weighted by molar-refractivity contribution is -0.147. The molecule has 0 aliphatic rings. The monoisotopic (exact) mass is 447 g/mol. The van der Waals surface area contributed by atoms with Crippen LogP contribution in [0.15, 0.2) is 34.7 Å². The predicted molar refractivity (Wildman–Crippen MR) is 108 cm³/mol. The number of ether oxygens (including phenoxy) is 2. The summed E-state index contributed by atoms with van der Waals surface area (Å²) in [6.45, 7) is 0. The first-order valence-electron chi connectivity index (χ1n) is 9.18. The smallest absolute Gasteiger partial charge is 0.379 e. The zero-order valence-corrected chi connectivity index (χ0v) is 16.9. The van der Waals surface area contributed by atoms with Crippen molar-refractivity contribution in [3.63, 3.8) is 0 Å². The predicted octanol–water partition coefficient (Wildman–Crippen LogP) is 0.768. The maximum absolute atomic E-state index is 12.3. The largest absolute Gasteiger partial charge is 0.493 e. The average molecular weight is 447 g/mol. The molecule has 170 valence electrons. The molecule has 32 heavy (non-hydrogen) atoms. The number of nitrogens with one attached hydrogen (secondary N) is 2. The summed E-state index contributed by atoms with van der Waals surface area (Å²) in [7, 11) is 1.36. The highest BCUT2D eigenvalue weighted by Crippen LogP contribution is 2.29. The number of carbonyl (C=O) groups is 4. The van der Waals surface area contributed by atoms with E-state index in [0.29, 0.717) is 5.56 Å². The third-order valence-corrected chi connectivity index (χ3v) is 4.15. The van der Waals surface area contributed by atoms with Crippen LogP contribution in [-0.2, 0) is 20.8 Å². The summed E-state index contributed by atoms with van der Waals surface area (Å²) in [6, 6.07) is 5.58. The normalized spacial score (nSPS) is 11.3. The molecule has 0 spiro atoms. The molecule has 2 rings (SSSR count). The van der Waals surface area contributed by atoms with Gasteiger partial charge in [0.05, 0.1) is 13.5 Å². The van der Waals surface area contributed by atoms with E-state index >= 15 is 0 Å². The van der Waals surface area contributed by atoms with E-state index in [1.54, 1.807) is 0 Å². The van der Waals surface area contributed by atoms with Crippen LogP contribution in [0.5, 0.6) is 11.5 Å². The first kappa shape index (κ1) is 23.9. The SMILES string of the molecule is COc1cc(C(=N)N)ccc1OC(=O)c1ccc(CCC(=O)N[C@@H](CC(=O)O)C(=O)O)o1. The Hall–Kier alpha value is -4.35. The lowest BCUT2D eigenvalue weighted by Gasteiger charge is -2.11. The number of hydrogen-bond donors (Lipinski definition) is 5. The fourth-order valence-electron chi connectivity index (χ4n) is 2.57. The second kappa shape index (κ2) is 10.6. The topological polar surface area (TPSA) is 202 Å². The minimum atomic E-state index is -1.55. The van der Waals surface area contributed by atoms with Crippen LogP contribution in [0, 0.1) is 5.41 Å². The second-order valence-electron chi connectivity index (χ2n) is 6.49. The van der Waals surface area contributed by atoms with Crippen LogP contribution in [0.3, 0.4) is 0 Å². The number of esters is 1. The second-order valence-corrected chi connectivity index (χ2v) is 6.49. The van der Waals surface area contributed by atoms with Crippen molar-refractivity contribution in [1.29, 1.82) is 5.41 Å². The van der Waals surface area contributed by atoms with Gasteiger partial charge in [0.15, 0.2) is 11.5 Å². The Morgan fingerprint density at radius 1 is 1.16 bits per heavy atom. The van der Waals surface area contributed by atoms with Crippen LogP contribution in [0.4, 0.5) is 0 Å². The molecule has 0 bridgehead atoms. The Bertz CT molecular complexity index is 1040. The van der Waals surface area contributed by atoms with Crippen LogP contribution in [0.2, 0.25) is 0 Å². The van der Waals surface area contributed by atoms with E-state index in [0.717, 1.165) is 0 Å². The lowest BCUT2D eigenvalue weighted by Crippen LogP contribution is -2.42. The number of carbonyl (C=O) groups excluding carboxylic acids is 2. The van der Waals surface area contributed by atoms with E-state index in [1.165, 1.54) is 37.4 Å². The van der Waals surface area contributed by atoms with Crippen LogP contribution in [-0.4, -0.2) is 53.0 Å². The molecule has 2 aromatic rings. The molecule has 0 fully saturated rings. The highest BCUT2D eigenvalue weighted by molar-refractivity contribution is 5.96. The first-order valence-corrected chi connectivity index (χ1v) is 9.18. The van der Waals surface area contributed by atoms with Crippen LogP contribution in [0.1, 0.15) is 34.7 Å². The number of aliphatic carboxylic acids is 2. The number of amidine groups is 1. The number of methoxy groups -OCH3 is 1. The van der Waals surface area contributed by atoms with Crippen molar-refractivity contribution in [3.05, 3.63) is 47.4 Å². The van der Waals surface area contributed by atoms with Gasteiger partial charge >= 0.3 is 17.9 Å². The average Bonchev–Trinajstić information content (AvgIpc) is 3.20. The van der Waals surface area contributed by atoms with Gasteiger partial charge in [-0.1, -0.05) is 0 Å². The van der Waals surface area contributed by atoms with Crippen molar-refractivity contribution in [1.82, 2.24) is 5.32 Å². The number of nitrogen functional groups attached to an aromatic ring is 1. The van der Waals surface area contributed by atoms with E-state index in [4.69, 9.17) is 35.2 Å². The van der Waals surface area contributed by atoms with Gasteiger partial charge in [-0.15, -0.1) is 0 Å². The summed E-state index contributed by atoms with van der Waals surface area (Å²) in [5.74, 6) is -4.14. The summed E-state index contributed by atoms with van der Waals surface area (Å²) in [6.07, 6.45) is -0.907. The number of benzene rings is 1. The number of nitrogens with two attached hydrogens (primary N) is 1. The Morgan fingerprint density at radius 2 is 1.88 bits per heavy atom. The van der Waals surface area contributed by atoms with Crippen molar-refractivity contribution in [3.8, 4) is 11.5 Å². The van der Waals surface area contributed by atoms with Crippen LogP contribution >= 0.6 is 0 Å². The van der Waals surface area contributed by atoms with Crippen molar-refractivity contribution < 1.29 is 43.3 Å². The van der Waals surface area contributed by atoms with Crippen molar-refractivity contribution in [2.75, 3.05) is 7.11 Å². The summed E-state index contributed by atoms with van der Waals surface area (Å²) < 4.78 is 15.7. The van der Waals surface area contributed by atoms with Gasteiger partial charge in [-0.3, -0.25) is 15.0 Å². The zero-order valence-electron chi connectivity index (χ0n) is 16.9. The molecule has 0 saturated carbocycles. The molecular weight excluding hydrogens is 426 g/mol. The van der Waals surface area contributed by atoms with Crippen molar-refractivity contribution >= 4 is 29.7 Å². The standard InChI is InChI=1S/C20H21N3O9/c1-30-15-8-10(18(21)22)2-5-13(15)32-20(29)14-6-3-11(31-14)4-7-16(24)23-12(19(27)28)9-17(25)26/h2-3,5-6,8,12H,4,7,9H2,1H3,(H3,21,22)(H,23,24)(H,25,26)(H,27,28)/t12-/m0/s1. The molecule has 1 amide bonds. The van der Waals surface area contributed by atoms with Gasteiger partial charge < -0.3 is 35.2 Å². The molecular formula is C20H21N3O9. The summed E-state index contributed by atoms with van der Waals surface area (Å²) >= 11 is 0. The first-order chi connectivity index (χ1) is 15.1. The van der Waals surface area contributed by atoms with Crippen LogP contribution < -0.4 is 20.5 Å². The van der Waals surface area contributed by atoms with Crippen LogP contribution in [0.25, 0.3) is 0 Å². The van der Waals surface area contributed by atoms with Gasteiger partial charge in [-0.2, -0.15) is 0 Å². The Kier molecular flexibility index (Phi) is 7.93. The van der Waals surface area contributed by atoms with Crippen molar-refractivity contribution in [2.24, 2.45) is 5.73 Å². The molecule has 0 saturated heterocycles. The minimum Gasteiger partial charge on any atom is -0.493 e. The van der Waals surface area contributed by atoms with Gasteiger partial charge in [0.2, 0.25) is 11.7 Å². The van der Waals surface area contributed by atoms with Crippen molar-refractivity contribution in [2.45, 2.75) is 25.3 Å². The molecule has 0 aliphatic carbocycles. The number of carboxylic acids is 2. The van der Waals surface area contributed by atoms with Gasteiger partial charge in [-0.05, 0) is 30.3 Å². The molecule has 1 aromatic carbocycles. The molecule has 1 atom stereocenters. The fraction of sp³-hybridized carbons (Fsp3) is 0.250. The van der Waals surface area contributed by atoms with Gasteiger partial charge in [0.1, 0.15) is 17.6 Å². The highest BCUT2D eigenvalue weighted by atomic mass is 16.6. The van der Waals surface area contributed by atoms with Gasteiger partial charge in [0, 0.05) is 18.4 Å². The van der Waals surface area contributed by atoms with E-state index in [1.807, 2.05) is 0 Å². The number of rotatable bonds is 11. The molecule has 0 unspecified atom stereocenters. The molecule has 12 heteroatoms. The molecule has 0 radical (unpaired) electrons. The summed E-state index contributed by atoms with van der Waals surface area (Å²) in [4.78, 5) is 45.9. The van der Waals surface area contributed by atoms with E-state index in [9.17, 15) is 19.2 Å². The molecule has 1 heterocycles. The summed E-state index contributed by atoms with van der Waals surface area (Å²) in [5, 5.41) is 27.2. The number of furan rings is 1. The Labute approximate surface area is 181 Å². The third-order valence-electron chi connectivity index (χ3n) is 4.15. The Balaban J connectivity index is 1.97. The summed E-state index contributed by atoms with van der Waals surface area (Å²) in [5.41, 5.74) is 5.80. The number of aryl methyl sites for hydroxylation is 1. The third kappa shape index (κ3) is 6.58. The highest BCUT2D eigenvalue weighted by Gasteiger charge is 2.23. The number of amides is 1. The van der Waals surface area contributed by atoms with Gasteiger partial charge in [-0.25, -0.2) is 9.59 Å². The molecule has 1 aromatic heterocycles. The van der Waals surface area contributed by atoms with Gasteiger partial charge in [0.25, 0.3) is 0 Å². The maximum atomic E-state index is 12.3. The molecule has 0 aliphatic heterocycles. The van der Waals surface area contributed by atoms with E-state index < -0.39 is 36.3 Å². The minimum absolute atomic E-state index is 0.0369. The Morgan fingerprint density at radius 3 is 2.47 bits per heavy atom. The maximum Gasteiger partial charge on any atom is 0.379 e. The lowest BCUT2D eigenvalue weighted by atomic mass is 10.2. The van der Waals surface area contributed by atoms with E-state index in [2.05, 4.69) is 5.32 Å². The zero-order chi connectivity index (χ0) is 23.8.